The minimum Gasteiger partial charge on any atom is -0.466 e. The second-order valence-electron chi connectivity index (χ2n) is 8.50. The number of carbonyl (C=O) groups is 2. The Balaban J connectivity index is 1.84. The first kappa shape index (κ1) is 24.8. The minimum atomic E-state index is -3.95. The molecular formula is C25H32N2O5S. The van der Waals surface area contributed by atoms with Gasteiger partial charge in [0.05, 0.1) is 23.1 Å². The number of anilines is 1. The van der Waals surface area contributed by atoms with E-state index in [1.165, 1.54) is 4.31 Å². The number of hydrogen-bond donors (Lipinski definition) is 0. The number of rotatable bonds is 7. The summed E-state index contributed by atoms with van der Waals surface area (Å²) in [6.45, 7) is 8.35. The van der Waals surface area contributed by atoms with Crippen LogP contribution < -0.4 is 4.31 Å². The first-order valence-corrected chi connectivity index (χ1v) is 12.7. The molecular weight excluding hydrogens is 440 g/mol. The topological polar surface area (TPSA) is 84.0 Å². The SMILES string of the molecule is CCOC(=O)C1CCN(C(=O)CN(c2ccc(C)c(C)c2)S(=O)(=O)c2ccc(C)cc2)CC1. The summed E-state index contributed by atoms with van der Waals surface area (Å²) < 4.78 is 33.4. The van der Waals surface area contributed by atoms with E-state index in [1.54, 1.807) is 48.2 Å². The molecule has 0 saturated carbocycles. The Bertz CT molecular complexity index is 1100. The molecule has 1 aliphatic heterocycles. The molecule has 2 aromatic rings. The summed E-state index contributed by atoms with van der Waals surface area (Å²) in [6.07, 6.45) is 1.03. The lowest BCUT2D eigenvalue weighted by Gasteiger charge is -2.33. The third-order valence-electron chi connectivity index (χ3n) is 6.13. The molecule has 1 heterocycles. The lowest BCUT2D eigenvalue weighted by atomic mass is 9.97. The highest BCUT2D eigenvalue weighted by molar-refractivity contribution is 7.92. The Hall–Kier alpha value is -2.87. The minimum absolute atomic E-state index is 0.139. The first-order valence-electron chi connectivity index (χ1n) is 11.2. The lowest BCUT2D eigenvalue weighted by molar-refractivity contribution is -0.151. The number of esters is 1. The van der Waals surface area contributed by atoms with Crippen LogP contribution in [0.15, 0.2) is 47.4 Å². The fourth-order valence-electron chi connectivity index (χ4n) is 3.88. The van der Waals surface area contributed by atoms with Crippen LogP contribution in [-0.2, 0) is 24.3 Å². The van der Waals surface area contributed by atoms with Crippen molar-refractivity contribution in [2.24, 2.45) is 5.92 Å². The molecule has 178 valence electrons. The molecule has 0 spiro atoms. The van der Waals surface area contributed by atoms with Gasteiger partial charge in [0.25, 0.3) is 10.0 Å². The van der Waals surface area contributed by atoms with Gasteiger partial charge >= 0.3 is 5.97 Å². The molecule has 0 aromatic heterocycles. The Labute approximate surface area is 196 Å². The first-order chi connectivity index (χ1) is 15.6. The second-order valence-corrected chi connectivity index (χ2v) is 10.4. The van der Waals surface area contributed by atoms with Crippen LogP contribution in [0.3, 0.4) is 0 Å². The number of aryl methyl sites for hydroxylation is 3. The number of amides is 1. The van der Waals surface area contributed by atoms with Crippen molar-refractivity contribution in [3.05, 3.63) is 59.2 Å². The van der Waals surface area contributed by atoms with Crippen LogP contribution in [0.5, 0.6) is 0 Å². The number of sulfonamides is 1. The maximum absolute atomic E-state index is 13.6. The molecule has 1 amide bonds. The van der Waals surface area contributed by atoms with Crippen LogP contribution >= 0.6 is 0 Å². The number of likely N-dealkylation sites (tertiary alicyclic amines) is 1. The van der Waals surface area contributed by atoms with Crippen LogP contribution in [0.25, 0.3) is 0 Å². The third-order valence-corrected chi connectivity index (χ3v) is 7.92. The largest absolute Gasteiger partial charge is 0.466 e. The van der Waals surface area contributed by atoms with Gasteiger partial charge in [0.2, 0.25) is 5.91 Å². The van der Waals surface area contributed by atoms with Gasteiger partial charge in [0.1, 0.15) is 6.54 Å². The maximum Gasteiger partial charge on any atom is 0.309 e. The number of carbonyl (C=O) groups excluding carboxylic acids is 2. The summed E-state index contributed by atoms with van der Waals surface area (Å²) in [5, 5.41) is 0. The van der Waals surface area contributed by atoms with E-state index in [0.717, 1.165) is 16.7 Å². The summed E-state index contributed by atoms with van der Waals surface area (Å²) in [5.74, 6) is -0.740. The van der Waals surface area contributed by atoms with Gasteiger partial charge in [0, 0.05) is 13.1 Å². The summed E-state index contributed by atoms with van der Waals surface area (Å²) in [7, 11) is -3.95. The van der Waals surface area contributed by atoms with E-state index >= 15 is 0 Å². The molecule has 1 saturated heterocycles. The van der Waals surface area contributed by atoms with Crippen molar-refractivity contribution in [1.29, 1.82) is 0 Å². The summed E-state index contributed by atoms with van der Waals surface area (Å²) in [6, 6.07) is 12.0. The number of benzene rings is 2. The zero-order valence-electron chi connectivity index (χ0n) is 19.7. The van der Waals surface area contributed by atoms with Gasteiger partial charge in [0.15, 0.2) is 0 Å². The Morgan fingerprint density at radius 1 is 1.00 bits per heavy atom. The molecule has 3 rings (SSSR count). The standard InChI is InChI=1S/C25H32N2O5S/c1-5-32-25(29)21-12-14-26(15-13-21)24(28)17-27(22-9-8-19(3)20(4)16-22)33(30,31)23-10-6-18(2)7-11-23/h6-11,16,21H,5,12-15,17H2,1-4H3. The van der Waals surface area contributed by atoms with Gasteiger partial charge in [-0.25, -0.2) is 8.42 Å². The summed E-state index contributed by atoms with van der Waals surface area (Å²) in [5.41, 5.74) is 3.39. The molecule has 0 bridgehead atoms. The average molecular weight is 473 g/mol. The van der Waals surface area contributed by atoms with Crippen LogP contribution in [-0.4, -0.2) is 51.4 Å². The fourth-order valence-corrected chi connectivity index (χ4v) is 5.29. The van der Waals surface area contributed by atoms with Gasteiger partial charge in [-0.15, -0.1) is 0 Å². The van der Waals surface area contributed by atoms with Crippen molar-refractivity contribution in [3.8, 4) is 0 Å². The number of nitrogens with zero attached hydrogens (tertiary/aromatic N) is 2. The molecule has 1 aliphatic rings. The van der Waals surface area contributed by atoms with Crippen molar-refractivity contribution < 1.29 is 22.7 Å². The van der Waals surface area contributed by atoms with Crippen molar-refractivity contribution in [2.45, 2.75) is 45.4 Å². The molecule has 33 heavy (non-hydrogen) atoms. The smallest absolute Gasteiger partial charge is 0.309 e. The summed E-state index contributed by atoms with van der Waals surface area (Å²) >= 11 is 0. The van der Waals surface area contributed by atoms with Crippen molar-refractivity contribution in [1.82, 2.24) is 4.90 Å². The van der Waals surface area contributed by atoms with Gasteiger partial charge in [-0.2, -0.15) is 0 Å². The molecule has 2 aromatic carbocycles. The van der Waals surface area contributed by atoms with E-state index in [4.69, 9.17) is 4.74 Å². The second kappa shape index (κ2) is 10.4. The van der Waals surface area contributed by atoms with Gasteiger partial charge in [-0.3, -0.25) is 13.9 Å². The van der Waals surface area contributed by atoms with Gasteiger partial charge in [-0.1, -0.05) is 23.8 Å². The highest BCUT2D eigenvalue weighted by Gasteiger charge is 2.32. The number of ether oxygens (including phenoxy) is 1. The summed E-state index contributed by atoms with van der Waals surface area (Å²) in [4.78, 5) is 26.9. The number of piperidine rings is 1. The van der Waals surface area contributed by atoms with E-state index in [9.17, 15) is 18.0 Å². The van der Waals surface area contributed by atoms with E-state index in [1.807, 2.05) is 26.8 Å². The Kier molecular flexibility index (Phi) is 7.79. The van der Waals surface area contributed by atoms with Gasteiger partial charge in [-0.05, 0) is 75.9 Å². The van der Waals surface area contributed by atoms with Gasteiger partial charge < -0.3 is 9.64 Å². The predicted octanol–water partition coefficient (Wildman–Crippen LogP) is 3.61. The quantitative estimate of drug-likeness (QED) is 0.575. The molecule has 1 fully saturated rings. The van der Waals surface area contributed by atoms with Crippen molar-refractivity contribution >= 4 is 27.6 Å². The Morgan fingerprint density at radius 2 is 1.64 bits per heavy atom. The van der Waals surface area contributed by atoms with E-state index < -0.39 is 10.0 Å². The third kappa shape index (κ3) is 5.74. The van der Waals surface area contributed by atoms with Crippen LogP contribution in [0, 0.1) is 26.7 Å². The van der Waals surface area contributed by atoms with Crippen LogP contribution in [0.2, 0.25) is 0 Å². The van der Waals surface area contributed by atoms with Crippen molar-refractivity contribution in [2.75, 3.05) is 30.5 Å². The highest BCUT2D eigenvalue weighted by atomic mass is 32.2. The maximum atomic E-state index is 13.6. The average Bonchev–Trinajstić information content (AvgIpc) is 2.79. The monoisotopic (exact) mass is 472 g/mol. The Morgan fingerprint density at radius 3 is 2.21 bits per heavy atom. The molecule has 0 unspecified atom stereocenters. The molecule has 0 N–H and O–H groups in total. The van der Waals surface area contributed by atoms with E-state index in [-0.39, 0.29) is 29.2 Å². The van der Waals surface area contributed by atoms with E-state index in [0.29, 0.717) is 38.2 Å². The molecule has 0 aliphatic carbocycles. The zero-order chi connectivity index (χ0) is 24.2. The normalized spacial score (nSPS) is 14.7. The molecule has 8 heteroatoms. The molecule has 0 radical (unpaired) electrons. The fraction of sp³-hybridized carbons (Fsp3) is 0.440. The zero-order valence-corrected chi connectivity index (χ0v) is 20.5. The predicted molar refractivity (Wildman–Crippen MR) is 128 cm³/mol. The highest BCUT2D eigenvalue weighted by Crippen LogP contribution is 2.27. The number of hydrogen-bond acceptors (Lipinski definition) is 5. The molecule has 7 nitrogen and oxygen atoms in total. The molecule has 0 atom stereocenters. The van der Waals surface area contributed by atoms with Crippen molar-refractivity contribution in [3.63, 3.8) is 0 Å². The lowest BCUT2D eigenvalue weighted by Crippen LogP contribution is -2.46. The van der Waals surface area contributed by atoms with Crippen LogP contribution in [0.4, 0.5) is 5.69 Å². The van der Waals surface area contributed by atoms with Crippen LogP contribution in [0.1, 0.15) is 36.5 Å². The van der Waals surface area contributed by atoms with E-state index in [2.05, 4.69) is 0 Å².